The Balaban J connectivity index is 1.74. The third-order valence-corrected chi connectivity index (χ3v) is 5.41. The number of amides is 1. The molecule has 1 aromatic heterocycles. The first-order valence-corrected chi connectivity index (χ1v) is 10.0. The SMILES string of the molecule is Cc1ccc(C(=O)Nc2ccc(S(=O)(=O)Nc3nccc(C)n3)cc2)c(C)c1. The van der Waals surface area contributed by atoms with Gasteiger partial charge in [0.2, 0.25) is 5.95 Å². The molecule has 0 atom stereocenters. The van der Waals surface area contributed by atoms with Crippen molar-refractivity contribution >= 4 is 27.6 Å². The summed E-state index contributed by atoms with van der Waals surface area (Å²) < 4.78 is 27.3. The molecule has 0 saturated carbocycles. The Bertz CT molecular complexity index is 1130. The smallest absolute Gasteiger partial charge is 0.264 e. The van der Waals surface area contributed by atoms with Gasteiger partial charge in [0.05, 0.1) is 4.90 Å². The lowest BCUT2D eigenvalue weighted by molar-refractivity contribution is 0.102. The number of sulfonamides is 1. The van der Waals surface area contributed by atoms with Gasteiger partial charge in [0.1, 0.15) is 0 Å². The predicted octanol–water partition coefficient (Wildman–Crippen LogP) is 3.45. The Labute approximate surface area is 163 Å². The summed E-state index contributed by atoms with van der Waals surface area (Å²) in [4.78, 5) is 20.4. The molecular weight excluding hydrogens is 376 g/mol. The largest absolute Gasteiger partial charge is 0.322 e. The number of carbonyl (C=O) groups is 1. The highest BCUT2D eigenvalue weighted by Crippen LogP contribution is 2.18. The zero-order valence-electron chi connectivity index (χ0n) is 15.7. The third-order valence-electron chi connectivity index (χ3n) is 4.07. The number of nitrogens with one attached hydrogen (secondary N) is 2. The molecule has 0 aliphatic heterocycles. The van der Waals surface area contributed by atoms with Crippen molar-refractivity contribution in [3.05, 3.63) is 77.1 Å². The number of hydrogen-bond acceptors (Lipinski definition) is 5. The van der Waals surface area contributed by atoms with Gasteiger partial charge in [0, 0.05) is 23.1 Å². The average Bonchev–Trinajstić information content (AvgIpc) is 2.61. The van der Waals surface area contributed by atoms with Gasteiger partial charge in [-0.25, -0.2) is 23.1 Å². The molecule has 144 valence electrons. The van der Waals surface area contributed by atoms with Gasteiger partial charge in [-0.3, -0.25) is 4.79 Å². The summed E-state index contributed by atoms with van der Waals surface area (Å²) in [6.07, 6.45) is 1.48. The molecule has 28 heavy (non-hydrogen) atoms. The first-order valence-electron chi connectivity index (χ1n) is 8.56. The van der Waals surface area contributed by atoms with Crippen LogP contribution in [0.2, 0.25) is 0 Å². The van der Waals surface area contributed by atoms with Crippen molar-refractivity contribution in [3.63, 3.8) is 0 Å². The zero-order valence-corrected chi connectivity index (χ0v) is 16.5. The molecule has 0 unspecified atom stereocenters. The molecule has 8 heteroatoms. The summed E-state index contributed by atoms with van der Waals surface area (Å²) in [6.45, 7) is 5.58. The molecule has 3 aromatic rings. The highest BCUT2D eigenvalue weighted by Gasteiger charge is 2.16. The average molecular weight is 396 g/mol. The van der Waals surface area contributed by atoms with Crippen LogP contribution in [0.5, 0.6) is 0 Å². The van der Waals surface area contributed by atoms with Crippen molar-refractivity contribution in [2.45, 2.75) is 25.7 Å². The lowest BCUT2D eigenvalue weighted by Gasteiger charge is -2.10. The highest BCUT2D eigenvalue weighted by molar-refractivity contribution is 7.92. The van der Waals surface area contributed by atoms with Crippen LogP contribution in [0.3, 0.4) is 0 Å². The molecule has 0 aliphatic carbocycles. The van der Waals surface area contributed by atoms with Crippen LogP contribution < -0.4 is 10.0 Å². The lowest BCUT2D eigenvalue weighted by Crippen LogP contribution is -2.16. The van der Waals surface area contributed by atoms with Crippen LogP contribution in [0.25, 0.3) is 0 Å². The first kappa shape index (κ1) is 19.5. The van der Waals surface area contributed by atoms with Gasteiger partial charge < -0.3 is 5.32 Å². The number of nitrogens with zero attached hydrogens (tertiary/aromatic N) is 2. The van der Waals surface area contributed by atoms with E-state index in [1.54, 1.807) is 19.1 Å². The van der Waals surface area contributed by atoms with Gasteiger partial charge in [0.15, 0.2) is 0 Å². The highest BCUT2D eigenvalue weighted by atomic mass is 32.2. The van der Waals surface area contributed by atoms with E-state index < -0.39 is 10.0 Å². The van der Waals surface area contributed by atoms with Crippen molar-refractivity contribution in [2.75, 3.05) is 10.0 Å². The van der Waals surface area contributed by atoms with E-state index in [0.717, 1.165) is 11.1 Å². The van der Waals surface area contributed by atoms with Gasteiger partial charge in [-0.15, -0.1) is 0 Å². The van der Waals surface area contributed by atoms with Gasteiger partial charge in [0.25, 0.3) is 15.9 Å². The second-order valence-corrected chi connectivity index (χ2v) is 8.11. The number of benzene rings is 2. The third kappa shape index (κ3) is 4.52. The Kier molecular flexibility index (Phi) is 5.41. The second kappa shape index (κ2) is 7.77. The van der Waals surface area contributed by atoms with Crippen LogP contribution in [-0.4, -0.2) is 24.3 Å². The van der Waals surface area contributed by atoms with Gasteiger partial charge in [-0.2, -0.15) is 0 Å². The van der Waals surface area contributed by atoms with E-state index in [-0.39, 0.29) is 16.8 Å². The van der Waals surface area contributed by atoms with Gasteiger partial charge in [-0.1, -0.05) is 17.7 Å². The van der Waals surface area contributed by atoms with Crippen LogP contribution in [0.4, 0.5) is 11.6 Å². The van der Waals surface area contributed by atoms with Gasteiger partial charge in [-0.05, 0) is 62.7 Å². The minimum atomic E-state index is -3.83. The Hall–Kier alpha value is -3.26. The van der Waals surface area contributed by atoms with E-state index in [1.165, 1.54) is 30.5 Å². The summed E-state index contributed by atoms with van der Waals surface area (Å²) in [5.41, 5.74) is 3.67. The number of anilines is 2. The van der Waals surface area contributed by atoms with E-state index >= 15 is 0 Å². The van der Waals surface area contributed by atoms with Crippen LogP contribution in [0.1, 0.15) is 27.2 Å². The summed E-state index contributed by atoms with van der Waals surface area (Å²) in [7, 11) is -3.83. The Morgan fingerprint density at radius 3 is 2.32 bits per heavy atom. The van der Waals surface area contributed by atoms with Crippen LogP contribution in [0.15, 0.2) is 59.6 Å². The maximum absolute atomic E-state index is 12.5. The van der Waals surface area contributed by atoms with Crippen molar-refractivity contribution < 1.29 is 13.2 Å². The number of aromatic nitrogens is 2. The zero-order chi connectivity index (χ0) is 20.3. The standard InChI is InChI=1S/C20H20N4O3S/c1-13-4-9-18(14(2)12-13)19(25)23-16-5-7-17(8-6-16)28(26,27)24-20-21-11-10-15(3)22-20/h4-12H,1-3H3,(H,23,25)(H,21,22,24). The van der Waals surface area contributed by atoms with E-state index in [4.69, 9.17) is 0 Å². The van der Waals surface area contributed by atoms with E-state index in [2.05, 4.69) is 20.0 Å². The minimum absolute atomic E-state index is 0.00669. The molecule has 0 bridgehead atoms. The minimum Gasteiger partial charge on any atom is -0.322 e. The number of aryl methyl sites for hydroxylation is 3. The maximum Gasteiger partial charge on any atom is 0.264 e. The summed E-state index contributed by atoms with van der Waals surface area (Å²) in [5, 5.41) is 2.78. The maximum atomic E-state index is 12.5. The molecule has 2 aromatic carbocycles. The molecule has 1 heterocycles. The first-order chi connectivity index (χ1) is 13.2. The summed E-state index contributed by atoms with van der Waals surface area (Å²) in [5.74, 6) is -0.244. The molecule has 0 radical (unpaired) electrons. The van der Waals surface area contributed by atoms with Crippen LogP contribution in [0, 0.1) is 20.8 Å². The summed E-state index contributed by atoms with van der Waals surface area (Å²) >= 11 is 0. The molecule has 0 spiro atoms. The fraction of sp³-hybridized carbons (Fsp3) is 0.150. The number of carbonyl (C=O) groups excluding carboxylic acids is 1. The fourth-order valence-corrected chi connectivity index (χ4v) is 3.61. The normalized spacial score (nSPS) is 11.1. The van der Waals surface area contributed by atoms with E-state index in [1.807, 2.05) is 26.0 Å². The molecule has 2 N–H and O–H groups in total. The number of hydrogen-bond donors (Lipinski definition) is 2. The molecule has 3 rings (SSSR count). The quantitative estimate of drug-likeness (QED) is 0.688. The van der Waals surface area contributed by atoms with Crippen molar-refractivity contribution in [1.82, 2.24) is 9.97 Å². The summed E-state index contributed by atoms with van der Waals surface area (Å²) in [6, 6.07) is 13.1. The van der Waals surface area contributed by atoms with E-state index in [0.29, 0.717) is 16.9 Å². The van der Waals surface area contributed by atoms with Crippen LogP contribution >= 0.6 is 0 Å². The van der Waals surface area contributed by atoms with Crippen molar-refractivity contribution in [1.29, 1.82) is 0 Å². The molecule has 7 nitrogen and oxygen atoms in total. The fourth-order valence-electron chi connectivity index (χ4n) is 2.66. The predicted molar refractivity (Wildman–Crippen MR) is 108 cm³/mol. The molecule has 0 saturated heterocycles. The van der Waals surface area contributed by atoms with Crippen LogP contribution in [-0.2, 0) is 10.0 Å². The second-order valence-electron chi connectivity index (χ2n) is 6.42. The van der Waals surface area contributed by atoms with Crippen molar-refractivity contribution in [3.8, 4) is 0 Å². The molecule has 0 fully saturated rings. The number of rotatable bonds is 5. The molecule has 0 aliphatic rings. The van der Waals surface area contributed by atoms with Crippen molar-refractivity contribution in [2.24, 2.45) is 0 Å². The topological polar surface area (TPSA) is 101 Å². The molecular formula is C20H20N4O3S. The Morgan fingerprint density at radius 1 is 0.964 bits per heavy atom. The van der Waals surface area contributed by atoms with E-state index in [9.17, 15) is 13.2 Å². The van der Waals surface area contributed by atoms with Gasteiger partial charge >= 0.3 is 0 Å². The Morgan fingerprint density at radius 2 is 1.68 bits per heavy atom. The monoisotopic (exact) mass is 396 g/mol. The molecule has 1 amide bonds. The lowest BCUT2D eigenvalue weighted by atomic mass is 10.1.